The van der Waals surface area contributed by atoms with E-state index in [-0.39, 0.29) is 11.7 Å². The van der Waals surface area contributed by atoms with Gasteiger partial charge in [-0.1, -0.05) is 42.5 Å². The molecule has 1 heterocycles. The number of rotatable bonds is 7. The number of halogens is 1. The molecular weight excluding hydrogens is 383 g/mol. The molecule has 2 aromatic carbocycles. The van der Waals surface area contributed by atoms with E-state index in [4.69, 9.17) is 0 Å². The van der Waals surface area contributed by atoms with E-state index in [1.54, 1.807) is 18.2 Å². The summed E-state index contributed by atoms with van der Waals surface area (Å²) in [5, 5.41) is 0. The predicted molar refractivity (Wildman–Crippen MR) is 114 cm³/mol. The molecule has 0 aliphatic carbocycles. The Morgan fingerprint density at radius 3 is 2.27 bits per heavy atom. The maximum Gasteiger partial charge on any atom is 0.262 e. The summed E-state index contributed by atoms with van der Waals surface area (Å²) >= 11 is 0. The Hall–Kier alpha value is -3.03. The van der Waals surface area contributed by atoms with Gasteiger partial charge in [-0.15, -0.1) is 0 Å². The van der Waals surface area contributed by atoms with E-state index in [2.05, 4.69) is 44.9 Å². The van der Waals surface area contributed by atoms with Crippen LogP contribution in [0.4, 0.5) is 4.39 Å². The number of nitrogens with one attached hydrogen (secondary N) is 2. The number of carbonyl (C=O) groups excluding carboxylic acids is 2. The smallest absolute Gasteiger partial charge is 0.262 e. The Morgan fingerprint density at radius 2 is 1.57 bits per heavy atom. The van der Waals surface area contributed by atoms with Crippen LogP contribution in [0.3, 0.4) is 0 Å². The molecule has 2 N–H and O–H groups in total. The molecule has 0 saturated carbocycles. The van der Waals surface area contributed by atoms with Crippen LogP contribution in [0.1, 0.15) is 17.5 Å². The molecule has 1 aliphatic heterocycles. The first-order valence-corrected chi connectivity index (χ1v) is 10.1. The van der Waals surface area contributed by atoms with Gasteiger partial charge in [0.15, 0.2) is 0 Å². The predicted octanol–water partition coefficient (Wildman–Crippen LogP) is 2.19. The van der Waals surface area contributed by atoms with Crippen molar-refractivity contribution in [3.8, 4) is 0 Å². The fourth-order valence-corrected chi connectivity index (χ4v) is 3.25. The number of benzene rings is 2. The molecule has 1 aliphatic rings. The van der Waals surface area contributed by atoms with Gasteiger partial charge >= 0.3 is 0 Å². The number of hydrogen-bond donors (Lipinski definition) is 2. The van der Waals surface area contributed by atoms with Gasteiger partial charge in [0.1, 0.15) is 5.82 Å². The van der Waals surface area contributed by atoms with E-state index in [1.807, 2.05) is 6.07 Å². The van der Waals surface area contributed by atoms with Crippen molar-refractivity contribution < 1.29 is 14.0 Å². The van der Waals surface area contributed by atoms with E-state index in [9.17, 15) is 14.0 Å². The lowest BCUT2D eigenvalue weighted by Crippen LogP contribution is -2.47. The lowest BCUT2D eigenvalue weighted by Gasteiger charge is -2.34. The topological polar surface area (TPSA) is 64.7 Å². The second-order valence-corrected chi connectivity index (χ2v) is 7.28. The fourth-order valence-electron chi connectivity index (χ4n) is 3.25. The number of nitrogens with zero attached hydrogens (tertiary/aromatic N) is 2. The quantitative estimate of drug-likeness (QED) is 0.543. The summed E-state index contributed by atoms with van der Waals surface area (Å²) in [6, 6.07) is 16.2. The maximum atomic E-state index is 12.9. The van der Waals surface area contributed by atoms with Crippen molar-refractivity contribution in [2.75, 3.05) is 32.7 Å². The van der Waals surface area contributed by atoms with Gasteiger partial charge in [-0.05, 0) is 29.3 Å². The molecular formula is C23H27FN4O2. The Balaban J connectivity index is 1.29. The first-order chi connectivity index (χ1) is 14.6. The monoisotopic (exact) mass is 410 g/mol. The van der Waals surface area contributed by atoms with E-state index < -0.39 is 5.91 Å². The van der Waals surface area contributed by atoms with Gasteiger partial charge in [0.25, 0.3) is 5.91 Å². The van der Waals surface area contributed by atoms with Crippen LogP contribution in [0.5, 0.6) is 0 Å². The van der Waals surface area contributed by atoms with Crippen molar-refractivity contribution in [1.29, 1.82) is 0 Å². The second-order valence-electron chi connectivity index (χ2n) is 7.28. The molecule has 158 valence electrons. The molecule has 0 aromatic heterocycles. The van der Waals surface area contributed by atoms with E-state index >= 15 is 0 Å². The molecule has 2 amide bonds. The zero-order valence-electron chi connectivity index (χ0n) is 16.9. The van der Waals surface area contributed by atoms with Crippen molar-refractivity contribution >= 4 is 17.9 Å². The van der Waals surface area contributed by atoms with Crippen LogP contribution < -0.4 is 10.9 Å². The molecule has 0 radical (unpaired) electrons. The normalized spacial score (nSPS) is 15.2. The van der Waals surface area contributed by atoms with Gasteiger partial charge in [-0.25, -0.2) is 4.39 Å². The highest BCUT2D eigenvalue weighted by Gasteiger charge is 2.17. The molecule has 1 saturated heterocycles. The van der Waals surface area contributed by atoms with Crippen LogP contribution in [-0.2, 0) is 16.1 Å². The van der Waals surface area contributed by atoms with E-state index in [0.717, 1.165) is 32.7 Å². The first kappa shape index (κ1) is 21.7. The van der Waals surface area contributed by atoms with Crippen molar-refractivity contribution in [3.63, 3.8) is 0 Å². The third kappa shape index (κ3) is 7.42. The van der Waals surface area contributed by atoms with Crippen molar-refractivity contribution in [2.24, 2.45) is 0 Å². The van der Waals surface area contributed by atoms with Gasteiger partial charge in [-0.2, -0.15) is 0 Å². The highest BCUT2D eigenvalue weighted by Crippen LogP contribution is 2.08. The third-order valence-corrected chi connectivity index (χ3v) is 4.99. The van der Waals surface area contributed by atoms with Crippen LogP contribution in [-0.4, -0.2) is 54.3 Å². The van der Waals surface area contributed by atoms with Gasteiger partial charge in [0.05, 0.1) is 0 Å². The van der Waals surface area contributed by atoms with Gasteiger partial charge in [-0.3, -0.25) is 25.3 Å². The lowest BCUT2D eigenvalue weighted by molar-refractivity contribution is -0.127. The Morgan fingerprint density at radius 1 is 0.900 bits per heavy atom. The molecule has 3 rings (SSSR count). The number of hydrazine groups is 1. The zero-order valence-corrected chi connectivity index (χ0v) is 16.9. The standard InChI is InChI=1S/C23H27FN4O2/c24-21-9-6-19(7-10-21)8-11-22(29)25-26-23(30)12-13-27-14-16-28(17-15-27)18-20-4-2-1-3-5-20/h1-11H,12-18H2,(H,25,29)(H,26,30). The van der Waals surface area contributed by atoms with Gasteiger partial charge in [0.2, 0.25) is 5.91 Å². The van der Waals surface area contributed by atoms with Crippen molar-refractivity contribution in [3.05, 3.63) is 77.6 Å². The molecule has 2 aromatic rings. The van der Waals surface area contributed by atoms with Crippen molar-refractivity contribution in [1.82, 2.24) is 20.7 Å². The number of carbonyl (C=O) groups is 2. The summed E-state index contributed by atoms with van der Waals surface area (Å²) in [5.41, 5.74) is 6.79. The van der Waals surface area contributed by atoms with Crippen LogP contribution >= 0.6 is 0 Å². The average Bonchev–Trinajstić information content (AvgIpc) is 2.77. The van der Waals surface area contributed by atoms with Gasteiger partial charge < -0.3 is 4.90 Å². The molecule has 0 spiro atoms. The molecule has 6 nitrogen and oxygen atoms in total. The summed E-state index contributed by atoms with van der Waals surface area (Å²) in [5.74, 6) is -1.01. The van der Waals surface area contributed by atoms with Crippen LogP contribution in [0, 0.1) is 5.82 Å². The SMILES string of the molecule is O=C(C=Cc1ccc(F)cc1)NNC(=O)CCN1CCN(Cc2ccccc2)CC1. The summed E-state index contributed by atoms with van der Waals surface area (Å²) in [6.07, 6.45) is 3.16. The minimum atomic E-state index is -0.442. The summed E-state index contributed by atoms with van der Waals surface area (Å²) < 4.78 is 12.9. The highest BCUT2D eigenvalue weighted by atomic mass is 19.1. The maximum absolute atomic E-state index is 12.9. The third-order valence-electron chi connectivity index (χ3n) is 4.99. The second kappa shape index (κ2) is 11.2. The van der Waals surface area contributed by atoms with E-state index in [1.165, 1.54) is 23.8 Å². The average molecular weight is 410 g/mol. The van der Waals surface area contributed by atoms with Crippen LogP contribution in [0.15, 0.2) is 60.7 Å². The lowest BCUT2D eigenvalue weighted by atomic mass is 10.2. The molecule has 0 atom stereocenters. The minimum Gasteiger partial charge on any atom is -0.300 e. The summed E-state index contributed by atoms with van der Waals surface area (Å²) in [4.78, 5) is 28.4. The van der Waals surface area contributed by atoms with Crippen LogP contribution in [0.25, 0.3) is 6.08 Å². The van der Waals surface area contributed by atoms with Gasteiger partial charge in [0, 0.05) is 51.8 Å². The van der Waals surface area contributed by atoms with Crippen LogP contribution in [0.2, 0.25) is 0 Å². The first-order valence-electron chi connectivity index (χ1n) is 10.1. The number of hydrogen-bond acceptors (Lipinski definition) is 4. The Bertz CT molecular complexity index is 847. The zero-order chi connectivity index (χ0) is 21.2. The summed E-state index contributed by atoms with van der Waals surface area (Å²) in [7, 11) is 0. The molecule has 1 fully saturated rings. The number of amides is 2. The summed E-state index contributed by atoms with van der Waals surface area (Å²) in [6.45, 7) is 5.40. The highest BCUT2D eigenvalue weighted by molar-refractivity contribution is 5.93. The Labute approximate surface area is 176 Å². The minimum absolute atomic E-state index is 0.231. The molecule has 0 unspecified atom stereocenters. The molecule has 7 heteroatoms. The van der Waals surface area contributed by atoms with E-state index in [0.29, 0.717) is 18.5 Å². The largest absolute Gasteiger partial charge is 0.300 e. The fraction of sp³-hybridized carbons (Fsp3) is 0.304. The Kier molecular flexibility index (Phi) is 8.11. The molecule has 0 bridgehead atoms. The molecule has 30 heavy (non-hydrogen) atoms. The number of piperazine rings is 1. The van der Waals surface area contributed by atoms with Crippen molar-refractivity contribution in [2.45, 2.75) is 13.0 Å².